The van der Waals surface area contributed by atoms with Gasteiger partial charge in [-0.1, -0.05) is 18.2 Å². The standard InChI is InChI=1S/C22H25FN4O.HI/c1-2-24-22(27-20-10-12-28-21-6-4-3-5-17(20)21)25-11-9-15-14-26-19-8-7-16(23)13-18(15)19;/h3-8,13-14,20,26H,2,9-12H2,1H3,(H2,24,25,27);1H. The summed E-state index contributed by atoms with van der Waals surface area (Å²) in [6.45, 7) is 4.14. The second-order valence-corrected chi connectivity index (χ2v) is 6.89. The van der Waals surface area contributed by atoms with E-state index in [0.29, 0.717) is 13.2 Å². The van der Waals surface area contributed by atoms with Crippen molar-refractivity contribution < 1.29 is 9.13 Å². The number of halogens is 2. The smallest absolute Gasteiger partial charge is 0.191 e. The highest BCUT2D eigenvalue weighted by Crippen LogP contribution is 2.31. The quantitative estimate of drug-likeness (QED) is 0.269. The average Bonchev–Trinajstić information content (AvgIpc) is 3.10. The van der Waals surface area contributed by atoms with Crippen molar-refractivity contribution >= 4 is 40.8 Å². The van der Waals surface area contributed by atoms with Crippen LogP contribution in [0.1, 0.15) is 30.5 Å². The largest absolute Gasteiger partial charge is 0.493 e. The number of rotatable bonds is 5. The Morgan fingerprint density at radius 1 is 1.28 bits per heavy atom. The van der Waals surface area contributed by atoms with Gasteiger partial charge in [-0.2, -0.15) is 0 Å². The van der Waals surface area contributed by atoms with E-state index in [0.717, 1.165) is 53.1 Å². The van der Waals surface area contributed by atoms with Crippen molar-refractivity contribution in [3.05, 3.63) is 65.6 Å². The molecule has 3 aromatic rings. The SMILES string of the molecule is CCNC(=NCCc1c[nH]c2ccc(F)cc12)NC1CCOc2ccccc21.I. The van der Waals surface area contributed by atoms with Crippen molar-refractivity contribution in [2.24, 2.45) is 4.99 Å². The van der Waals surface area contributed by atoms with Gasteiger partial charge in [0, 0.05) is 42.2 Å². The molecule has 7 heteroatoms. The number of ether oxygens (including phenoxy) is 1. The molecule has 0 saturated carbocycles. The highest BCUT2D eigenvalue weighted by atomic mass is 127. The molecule has 0 aliphatic carbocycles. The van der Waals surface area contributed by atoms with Crippen molar-refractivity contribution in [1.29, 1.82) is 0 Å². The number of nitrogens with one attached hydrogen (secondary N) is 3. The third kappa shape index (κ3) is 5.01. The minimum absolute atomic E-state index is 0. The van der Waals surface area contributed by atoms with E-state index in [2.05, 4.69) is 28.6 Å². The third-order valence-corrected chi connectivity index (χ3v) is 4.99. The number of para-hydroxylation sites is 1. The Labute approximate surface area is 187 Å². The van der Waals surface area contributed by atoms with Crippen molar-refractivity contribution in [1.82, 2.24) is 15.6 Å². The summed E-state index contributed by atoms with van der Waals surface area (Å²) >= 11 is 0. The number of hydrogen-bond donors (Lipinski definition) is 3. The molecule has 5 nitrogen and oxygen atoms in total. The van der Waals surface area contributed by atoms with E-state index in [1.807, 2.05) is 24.4 Å². The summed E-state index contributed by atoms with van der Waals surface area (Å²) in [5.74, 6) is 1.50. The minimum atomic E-state index is -0.218. The van der Waals surface area contributed by atoms with E-state index in [4.69, 9.17) is 9.73 Å². The maximum atomic E-state index is 13.6. The molecule has 1 atom stereocenters. The number of aromatic nitrogens is 1. The first-order valence-corrected chi connectivity index (χ1v) is 9.76. The van der Waals surface area contributed by atoms with Gasteiger partial charge in [0.25, 0.3) is 0 Å². The van der Waals surface area contributed by atoms with Gasteiger partial charge in [0.1, 0.15) is 11.6 Å². The predicted octanol–water partition coefficient (Wildman–Crippen LogP) is 4.55. The number of aliphatic imine (C=N–C) groups is 1. The molecular weight excluding hydrogens is 482 g/mol. The van der Waals surface area contributed by atoms with Crippen LogP contribution in [0.15, 0.2) is 53.7 Å². The molecule has 1 unspecified atom stereocenters. The van der Waals surface area contributed by atoms with Crippen LogP contribution in [0.4, 0.5) is 4.39 Å². The molecule has 0 fully saturated rings. The summed E-state index contributed by atoms with van der Waals surface area (Å²) < 4.78 is 19.3. The molecule has 0 radical (unpaired) electrons. The van der Waals surface area contributed by atoms with Gasteiger partial charge < -0.3 is 20.4 Å². The summed E-state index contributed by atoms with van der Waals surface area (Å²) in [6.07, 6.45) is 3.57. The van der Waals surface area contributed by atoms with Gasteiger partial charge in [-0.15, -0.1) is 24.0 Å². The van der Waals surface area contributed by atoms with Crippen LogP contribution in [0, 0.1) is 5.82 Å². The zero-order valence-electron chi connectivity index (χ0n) is 16.4. The topological polar surface area (TPSA) is 61.4 Å². The summed E-state index contributed by atoms with van der Waals surface area (Å²) in [5, 5.41) is 7.77. The van der Waals surface area contributed by atoms with Crippen molar-refractivity contribution in [3.8, 4) is 5.75 Å². The molecule has 154 valence electrons. The summed E-state index contributed by atoms with van der Waals surface area (Å²) in [6, 6.07) is 13.1. The molecule has 2 aromatic carbocycles. The summed E-state index contributed by atoms with van der Waals surface area (Å²) in [7, 11) is 0. The molecule has 1 aliphatic heterocycles. The van der Waals surface area contributed by atoms with Gasteiger partial charge in [0.2, 0.25) is 0 Å². The highest BCUT2D eigenvalue weighted by Gasteiger charge is 2.21. The first kappa shape index (κ1) is 21.4. The molecule has 0 amide bonds. The molecule has 0 bridgehead atoms. The van der Waals surface area contributed by atoms with E-state index in [9.17, 15) is 4.39 Å². The number of fused-ring (bicyclic) bond motifs is 2. The first-order valence-electron chi connectivity index (χ1n) is 9.76. The lowest BCUT2D eigenvalue weighted by Crippen LogP contribution is -2.41. The fourth-order valence-corrected chi connectivity index (χ4v) is 3.62. The monoisotopic (exact) mass is 508 g/mol. The molecule has 29 heavy (non-hydrogen) atoms. The van der Waals surface area contributed by atoms with Crippen LogP contribution in [-0.4, -0.2) is 30.6 Å². The number of H-pyrrole nitrogens is 1. The molecule has 2 heterocycles. The number of guanidine groups is 1. The van der Waals surface area contributed by atoms with Crippen LogP contribution in [-0.2, 0) is 6.42 Å². The third-order valence-electron chi connectivity index (χ3n) is 4.99. The number of aromatic amines is 1. The Morgan fingerprint density at radius 3 is 3.00 bits per heavy atom. The predicted molar refractivity (Wildman–Crippen MR) is 126 cm³/mol. The van der Waals surface area contributed by atoms with Crippen LogP contribution in [0.25, 0.3) is 10.9 Å². The van der Waals surface area contributed by atoms with Gasteiger partial charge in [-0.25, -0.2) is 4.39 Å². The normalized spacial score (nSPS) is 15.9. The van der Waals surface area contributed by atoms with Gasteiger partial charge in [-0.3, -0.25) is 4.99 Å². The molecule has 1 aliphatic rings. The molecule has 3 N–H and O–H groups in total. The van der Waals surface area contributed by atoms with Crippen molar-refractivity contribution in [3.63, 3.8) is 0 Å². The summed E-state index contributed by atoms with van der Waals surface area (Å²) in [4.78, 5) is 7.93. The van der Waals surface area contributed by atoms with Crippen LogP contribution in [0.2, 0.25) is 0 Å². The van der Waals surface area contributed by atoms with Gasteiger partial charge >= 0.3 is 0 Å². The lowest BCUT2D eigenvalue weighted by atomic mass is 10.0. The second-order valence-electron chi connectivity index (χ2n) is 6.89. The van der Waals surface area contributed by atoms with Crippen LogP contribution in [0.5, 0.6) is 5.75 Å². The minimum Gasteiger partial charge on any atom is -0.493 e. The van der Waals surface area contributed by atoms with Gasteiger partial charge in [0.05, 0.1) is 12.6 Å². The Bertz CT molecular complexity index is 988. The Hall–Kier alpha value is -2.29. The van der Waals surface area contributed by atoms with Crippen LogP contribution >= 0.6 is 24.0 Å². The second kappa shape index (κ2) is 9.96. The Balaban J connectivity index is 0.00000240. The maximum Gasteiger partial charge on any atom is 0.191 e. The van der Waals surface area contributed by atoms with E-state index in [-0.39, 0.29) is 35.8 Å². The fourth-order valence-electron chi connectivity index (χ4n) is 3.62. The first-order chi connectivity index (χ1) is 13.7. The van der Waals surface area contributed by atoms with E-state index < -0.39 is 0 Å². The number of nitrogens with zero attached hydrogens (tertiary/aromatic N) is 1. The fraction of sp³-hybridized carbons (Fsp3) is 0.318. The van der Waals surface area contributed by atoms with Crippen LogP contribution in [0.3, 0.4) is 0 Å². The molecular formula is C22H26FIN4O. The van der Waals surface area contributed by atoms with Crippen molar-refractivity contribution in [2.75, 3.05) is 19.7 Å². The van der Waals surface area contributed by atoms with Crippen molar-refractivity contribution in [2.45, 2.75) is 25.8 Å². The molecule has 0 spiro atoms. The molecule has 1 aromatic heterocycles. The maximum absolute atomic E-state index is 13.6. The summed E-state index contributed by atoms with van der Waals surface area (Å²) in [5.41, 5.74) is 3.18. The lowest BCUT2D eigenvalue weighted by Gasteiger charge is -2.28. The lowest BCUT2D eigenvalue weighted by molar-refractivity contribution is 0.261. The zero-order valence-corrected chi connectivity index (χ0v) is 18.7. The zero-order chi connectivity index (χ0) is 19.3. The van der Waals surface area contributed by atoms with Gasteiger partial charge in [-0.05, 0) is 43.2 Å². The van der Waals surface area contributed by atoms with E-state index in [1.165, 1.54) is 6.07 Å². The number of benzene rings is 2. The molecule has 0 saturated heterocycles. The van der Waals surface area contributed by atoms with E-state index in [1.54, 1.807) is 12.1 Å². The molecule has 4 rings (SSSR count). The van der Waals surface area contributed by atoms with Crippen LogP contribution < -0.4 is 15.4 Å². The number of hydrogen-bond acceptors (Lipinski definition) is 2. The Kier molecular flexibility index (Phi) is 7.35. The van der Waals surface area contributed by atoms with E-state index >= 15 is 0 Å². The highest BCUT2D eigenvalue weighted by molar-refractivity contribution is 14.0. The van der Waals surface area contributed by atoms with Gasteiger partial charge in [0.15, 0.2) is 5.96 Å². The Morgan fingerprint density at radius 2 is 2.14 bits per heavy atom. The average molecular weight is 508 g/mol.